The Balaban J connectivity index is 2.22. The first-order valence-corrected chi connectivity index (χ1v) is 5.15. The van der Waals surface area contributed by atoms with Gasteiger partial charge in [-0.05, 0) is 30.9 Å². The fraction of sp³-hybridized carbons (Fsp3) is 0.333. The first-order chi connectivity index (χ1) is 6.80. The summed E-state index contributed by atoms with van der Waals surface area (Å²) in [5, 5.41) is 1.29. The number of para-hydroxylation sites is 1. The number of aromatic amines is 1. The van der Waals surface area contributed by atoms with Crippen molar-refractivity contribution >= 4 is 10.9 Å². The van der Waals surface area contributed by atoms with Gasteiger partial charge in [-0.15, -0.1) is 0 Å². The minimum Gasteiger partial charge on any atom is -0.361 e. The minimum atomic E-state index is -0.0559. The highest BCUT2D eigenvalue weighted by molar-refractivity contribution is 5.84. The predicted octanol–water partition coefficient (Wildman–Crippen LogP) is 2.51. The molecule has 1 aliphatic rings. The lowest BCUT2D eigenvalue weighted by molar-refractivity contribution is 0.256. The highest BCUT2D eigenvalue weighted by Crippen LogP contribution is 2.41. The summed E-state index contributed by atoms with van der Waals surface area (Å²) in [6.45, 7) is 0. The summed E-state index contributed by atoms with van der Waals surface area (Å²) in [4.78, 5) is 3.28. The van der Waals surface area contributed by atoms with E-state index in [0.29, 0.717) is 0 Å². The number of hydrogen-bond donors (Lipinski definition) is 2. The van der Waals surface area contributed by atoms with Crippen LogP contribution in [0, 0.1) is 0 Å². The van der Waals surface area contributed by atoms with Crippen molar-refractivity contribution < 1.29 is 0 Å². The Morgan fingerprint density at radius 1 is 1.21 bits per heavy atom. The predicted molar refractivity (Wildman–Crippen MR) is 58.0 cm³/mol. The molecular formula is C12H14N2. The van der Waals surface area contributed by atoms with Gasteiger partial charge >= 0.3 is 0 Å². The van der Waals surface area contributed by atoms with Crippen molar-refractivity contribution in [1.29, 1.82) is 0 Å². The van der Waals surface area contributed by atoms with Gasteiger partial charge in [0.2, 0.25) is 0 Å². The van der Waals surface area contributed by atoms with Crippen LogP contribution >= 0.6 is 0 Å². The first-order valence-electron chi connectivity index (χ1n) is 5.15. The molecule has 0 unspecified atom stereocenters. The molecule has 0 atom stereocenters. The molecule has 14 heavy (non-hydrogen) atoms. The van der Waals surface area contributed by atoms with Gasteiger partial charge in [0.25, 0.3) is 0 Å². The monoisotopic (exact) mass is 186 g/mol. The summed E-state index contributed by atoms with van der Waals surface area (Å²) in [6, 6.07) is 8.36. The molecule has 3 rings (SSSR count). The number of H-pyrrole nitrogens is 1. The third-order valence-electron chi connectivity index (χ3n) is 3.37. The normalized spacial score (nSPS) is 19.5. The molecule has 2 nitrogen and oxygen atoms in total. The second kappa shape index (κ2) is 2.61. The van der Waals surface area contributed by atoms with Gasteiger partial charge in [-0.2, -0.15) is 0 Å². The quantitative estimate of drug-likeness (QED) is 0.706. The molecule has 1 heterocycles. The molecule has 3 N–H and O–H groups in total. The second-order valence-corrected chi connectivity index (χ2v) is 4.26. The molecule has 0 aliphatic heterocycles. The van der Waals surface area contributed by atoms with E-state index in [1.807, 2.05) is 6.07 Å². The van der Waals surface area contributed by atoms with Crippen LogP contribution in [0.4, 0.5) is 0 Å². The molecule has 1 fully saturated rings. The Kier molecular flexibility index (Phi) is 1.50. The Morgan fingerprint density at radius 2 is 2.00 bits per heavy atom. The first kappa shape index (κ1) is 8.06. The number of benzene rings is 1. The van der Waals surface area contributed by atoms with Crippen molar-refractivity contribution in [2.24, 2.45) is 5.73 Å². The average Bonchev–Trinajstić information content (AvgIpc) is 2.58. The van der Waals surface area contributed by atoms with E-state index in [1.165, 1.54) is 22.9 Å². The van der Waals surface area contributed by atoms with Crippen LogP contribution in [-0.4, -0.2) is 4.98 Å². The van der Waals surface area contributed by atoms with Crippen LogP contribution < -0.4 is 5.73 Å². The molecule has 0 saturated heterocycles. The number of aromatic nitrogens is 1. The van der Waals surface area contributed by atoms with Gasteiger partial charge in [-0.25, -0.2) is 0 Å². The van der Waals surface area contributed by atoms with Crippen LogP contribution in [0.2, 0.25) is 0 Å². The fourth-order valence-electron chi connectivity index (χ4n) is 2.31. The van der Waals surface area contributed by atoms with Crippen LogP contribution in [0.5, 0.6) is 0 Å². The number of nitrogens with two attached hydrogens (primary N) is 1. The van der Waals surface area contributed by atoms with Gasteiger partial charge in [0.05, 0.1) is 0 Å². The third kappa shape index (κ3) is 0.946. The van der Waals surface area contributed by atoms with Crippen LogP contribution in [0.25, 0.3) is 10.9 Å². The van der Waals surface area contributed by atoms with Gasteiger partial charge in [-0.1, -0.05) is 18.2 Å². The molecular weight excluding hydrogens is 172 g/mol. The van der Waals surface area contributed by atoms with Gasteiger partial charge in [0, 0.05) is 22.6 Å². The van der Waals surface area contributed by atoms with Crippen molar-refractivity contribution in [2.75, 3.05) is 0 Å². The van der Waals surface area contributed by atoms with E-state index in [0.717, 1.165) is 12.8 Å². The maximum absolute atomic E-state index is 6.31. The fourth-order valence-corrected chi connectivity index (χ4v) is 2.31. The van der Waals surface area contributed by atoms with Crippen LogP contribution in [0.3, 0.4) is 0 Å². The largest absolute Gasteiger partial charge is 0.361 e. The molecule has 1 saturated carbocycles. The average molecular weight is 186 g/mol. The number of hydrogen-bond acceptors (Lipinski definition) is 1. The van der Waals surface area contributed by atoms with Gasteiger partial charge < -0.3 is 10.7 Å². The van der Waals surface area contributed by atoms with E-state index in [2.05, 4.69) is 29.4 Å². The topological polar surface area (TPSA) is 41.8 Å². The Bertz CT molecular complexity index is 466. The van der Waals surface area contributed by atoms with Crippen molar-refractivity contribution in [3.63, 3.8) is 0 Å². The zero-order valence-corrected chi connectivity index (χ0v) is 8.09. The van der Waals surface area contributed by atoms with E-state index in [4.69, 9.17) is 5.73 Å². The smallest absolute Gasteiger partial charge is 0.0457 e. The molecule has 0 bridgehead atoms. The number of rotatable bonds is 1. The van der Waals surface area contributed by atoms with E-state index in [9.17, 15) is 0 Å². The summed E-state index contributed by atoms with van der Waals surface area (Å²) in [7, 11) is 0. The van der Waals surface area contributed by atoms with Crippen molar-refractivity contribution in [3.05, 3.63) is 36.0 Å². The van der Waals surface area contributed by atoms with E-state index in [1.54, 1.807) is 0 Å². The zero-order chi connectivity index (χ0) is 9.60. The van der Waals surface area contributed by atoms with Gasteiger partial charge in [0.1, 0.15) is 0 Å². The standard InChI is InChI=1S/C12H14N2/c13-12(6-3-7-12)10-8-14-11-5-2-1-4-9(10)11/h1-2,4-5,8,14H,3,6-7,13H2. The molecule has 72 valence electrons. The Labute approximate surface area is 83.1 Å². The maximum Gasteiger partial charge on any atom is 0.0457 e. The van der Waals surface area contributed by atoms with Gasteiger partial charge in [-0.3, -0.25) is 0 Å². The second-order valence-electron chi connectivity index (χ2n) is 4.26. The highest BCUT2D eigenvalue weighted by Gasteiger charge is 2.35. The molecule has 1 aromatic carbocycles. The molecule has 0 radical (unpaired) electrons. The summed E-state index contributed by atoms with van der Waals surface area (Å²) in [6.07, 6.45) is 5.57. The third-order valence-corrected chi connectivity index (χ3v) is 3.37. The lowest BCUT2D eigenvalue weighted by Gasteiger charge is -2.38. The summed E-state index contributed by atoms with van der Waals surface area (Å²) in [5.41, 5.74) is 8.74. The summed E-state index contributed by atoms with van der Waals surface area (Å²) < 4.78 is 0. The minimum absolute atomic E-state index is 0.0559. The molecule has 0 spiro atoms. The van der Waals surface area contributed by atoms with Crippen LogP contribution in [0.1, 0.15) is 24.8 Å². The van der Waals surface area contributed by atoms with Crippen LogP contribution in [-0.2, 0) is 5.54 Å². The van der Waals surface area contributed by atoms with Crippen LogP contribution in [0.15, 0.2) is 30.5 Å². The van der Waals surface area contributed by atoms with Crippen molar-refractivity contribution in [1.82, 2.24) is 4.98 Å². The molecule has 2 aromatic rings. The lowest BCUT2D eigenvalue weighted by atomic mass is 9.73. The Morgan fingerprint density at radius 3 is 2.71 bits per heavy atom. The molecule has 2 heteroatoms. The van der Waals surface area contributed by atoms with E-state index >= 15 is 0 Å². The Hall–Kier alpha value is -1.28. The molecule has 1 aliphatic carbocycles. The highest BCUT2D eigenvalue weighted by atomic mass is 14.8. The lowest BCUT2D eigenvalue weighted by Crippen LogP contribution is -2.43. The summed E-state index contributed by atoms with van der Waals surface area (Å²) >= 11 is 0. The van der Waals surface area contributed by atoms with E-state index in [-0.39, 0.29) is 5.54 Å². The van der Waals surface area contributed by atoms with Crippen molar-refractivity contribution in [2.45, 2.75) is 24.8 Å². The van der Waals surface area contributed by atoms with Gasteiger partial charge in [0.15, 0.2) is 0 Å². The van der Waals surface area contributed by atoms with E-state index < -0.39 is 0 Å². The molecule has 0 amide bonds. The SMILES string of the molecule is NC1(c2c[nH]c3ccccc23)CCC1. The molecule has 1 aromatic heterocycles. The number of nitrogens with one attached hydrogen (secondary N) is 1. The van der Waals surface area contributed by atoms with Crippen molar-refractivity contribution in [3.8, 4) is 0 Å². The zero-order valence-electron chi connectivity index (χ0n) is 8.09. The maximum atomic E-state index is 6.31. The summed E-state index contributed by atoms with van der Waals surface area (Å²) in [5.74, 6) is 0. The number of fused-ring (bicyclic) bond motifs is 1.